The molecule has 0 bridgehead atoms. The summed E-state index contributed by atoms with van der Waals surface area (Å²) in [6, 6.07) is 0. The van der Waals surface area contributed by atoms with E-state index in [1.807, 2.05) is 6.92 Å². The molecule has 0 aliphatic carbocycles. The monoisotopic (exact) mass is 185 g/mol. The van der Waals surface area contributed by atoms with Crippen LogP contribution in [0.15, 0.2) is 5.51 Å². The second kappa shape index (κ2) is 4.18. The van der Waals surface area contributed by atoms with Crippen LogP contribution in [0.3, 0.4) is 0 Å². The van der Waals surface area contributed by atoms with E-state index in [1.165, 1.54) is 11.3 Å². The average molecular weight is 185 g/mol. The second-order valence-electron chi connectivity index (χ2n) is 2.34. The molecule has 0 radical (unpaired) electrons. The van der Waals surface area contributed by atoms with E-state index in [4.69, 9.17) is 5.73 Å². The molecule has 0 atom stereocenters. The molecule has 5 heteroatoms. The maximum Gasteiger partial charge on any atom is 0.234 e. The third-order valence-corrected chi connectivity index (χ3v) is 2.41. The molecule has 0 fully saturated rings. The number of hydrogen-bond acceptors (Lipinski definition) is 4. The van der Waals surface area contributed by atoms with E-state index >= 15 is 0 Å². The second-order valence-corrected chi connectivity index (χ2v) is 3.28. The van der Waals surface area contributed by atoms with Gasteiger partial charge in [-0.3, -0.25) is 4.79 Å². The number of carbonyl (C=O) groups is 1. The van der Waals surface area contributed by atoms with Crippen LogP contribution in [0.5, 0.6) is 0 Å². The van der Waals surface area contributed by atoms with Crippen molar-refractivity contribution in [3.05, 3.63) is 16.1 Å². The minimum Gasteiger partial charge on any atom is -0.350 e. The van der Waals surface area contributed by atoms with Gasteiger partial charge in [0.1, 0.15) is 0 Å². The first-order valence-corrected chi connectivity index (χ1v) is 4.47. The Hall–Kier alpha value is -0.940. The lowest BCUT2D eigenvalue weighted by molar-refractivity contribution is -0.119. The summed E-state index contributed by atoms with van der Waals surface area (Å²) in [5, 5.41) is 2.68. The quantitative estimate of drug-likeness (QED) is 0.698. The van der Waals surface area contributed by atoms with Crippen molar-refractivity contribution in [1.29, 1.82) is 0 Å². The SMILES string of the molecule is Cc1ncsc1CNC(=O)CN. The van der Waals surface area contributed by atoms with Gasteiger partial charge in [0.2, 0.25) is 5.91 Å². The van der Waals surface area contributed by atoms with Crippen LogP contribution >= 0.6 is 11.3 Å². The number of nitrogens with two attached hydrogens (primary N) is 1. The summed E-state index contributed by atoms with van der Waals surface area (Å²) in [5.41, 5.74) is 7.86. The lowest BCUT2D eigenvalue weighted by Gasteiger charge is -2.00. The van der Waals surface area contributed by atoms with Gasteiger partial charge in [-0.05, 0) is 6.92 Å². The zero-order valence-electron chi connectivity index (χ0n) is 6.83. The van der Waals surface area contributed by atoms with E-state index in [0.29, 0.717) is 6.54 Å². The third kappa shape index (κ3) is 2.28. The van der Waals surface area contributed by atoms with Gasteiger partial charge in [0.05, 0.1) is 24.3 Å². The topological polar surface area (TPSA) is 68.0 Å². The van der Waals surface area contributed by atoms with Gasteiger partial charge < -0.3 is 11.1 Å². The summed E-state index contributed by atoms with van der Waals surface area (Å²) in [6.07, 6.45) is 0. The van der Waals surface area contributed by atoms with Gasteiger partial charge in [0.15, 0.2) is 0 Å². The van der Waals surface area contributed by atoms with Crippen LogP contribution in [-0.4, -0.2) is 17.4 Å². The number of aromatic nitrogens is 1. The molecular formula is C7H11N3OS. The van der Waals surface area contributed by atoms with Gasteiger partial charge in [-0.25, -0.2) is 4.98 Å². The van der Waals surface area contributed by atoms with Gasteiger partial charge in [-0.1, -0.05) is 0 Å². The Morgan fingerprint density at radius 1 is 1.83 bits per heavy atom. The number of thiazole rings is 1. The highest BCUT2D eigenvalue weighted by molar-refractivity contribution is 7.09. The van der Waals surface area contributed by atoms with E-state index in [0.717, 1.165) is 10.6 Å². The summed E-state index contributed by atoms with van der Waals surface area (Å²) < 4.78 is 0. The first kappa shape index (κ1) is 9.15. The number of nitrogens with zero attached hydrogens (tertiary/aromatic N) is 1. The molecule has 1 amide bonds. The number of rotatable bonds is 3. The Kier molecular flexibility index (Phi) is 3.19. The minimum atomic E-state index is -0.136. The van der Waals surface area contributed by atoms with Gasteiger partial charge in [-0.15, -0.1) is 11.3 Å². The zero-order valence-corrected chi connectivity index (χ0v) is 7.65. The number of nitrogens with one attached hydrogen (secondary N) is 1. The lowest BCUT2D eigenvalue weighted by atomic mass is 10.4. The van der Waals surface area contributed by atoms with Crippen LogP contribution in [0.2, 0.25) is 0 Å². The summed E-state index contributed by atoms with van der Waals surface area (Å²) in [4.78, 5) is 15.9. The van der Waals surface area contributed by atoms with Crippen LogP contribution in [0.4, 0.5) is 0 Å². The van der Waals surface area contributed by atoms with Crippen molar-refractivity contribution in [2.75, 3.05) is 6.54 Å². The predicted octanol–water partition coefficient (Wildman–Crippen LogP) is 0.0264. The molecular weight excluding hydrogens is 174 g/mol. The summed E-state index contributed by atoms with van der Waals surface area (Å²) >= 11 is 1.54. The molecule has 1 aromatic rings. The molecule has 0 spiro atoms. The van der Waals surface area contributed by atoms with Crippen LogP contribution in [0, 0.1) is 6.92 Å². The molecule has 3 N–H and O–H groups in total. The number of aryl methyl sites for hydroxylation is 1. The number of hydrogen-bond donors (Lipinski definition) is 2. The van der Waals surface area contributed by atoms with Crippen LogP contribution < -0.4 is 11.1 Å². The van der Waals surface area contributed by atoms with E-state index in [1.54, 1.807) is 5.51 Å². The minimum absolute atomic E-state index is 0.0395. The molecule has 1 rings (SSSR count). The number of carbonyl (C=O) groups excluding carboxylic acids is 1. The fourth-order valence-electron chi connectivity index (χ4n) is 0.747. The molecule has 0 aliphatic heterocycles. The van der Waals surface area contributed by atoms with Crippen LogP contribution in [0.1, 0.15) is 10.6 Å². The van der Waals surface area contributed by atoms with Gasteiger partial charge >= 0.3 is 0 Å². The fourth-order valence-corrected chi connectivity index (χ4v) is 1.46. The smallest absolute Gasteiger partial charge is 0.234 e. The van der Waals surface area contributed by atoms with Crippen molar-refractivity contribution in [2.24, 2.45) is 5.73 Å². The van der Waals surface area contributed by atoms with Gasteiger partial charge in [0, 0.05) is 4.88 Å². The Balaban J connectivity index is 2.43. The normalized spacial score (nSPS) is 9.83. The Morgan fingerprint density at radius 3 is 3.08 bits per heavy atom. The van der Waals surface area contributed by atoms with E-state index < -0.39 is 0 Å². The van der Waals surface area contributed by atoms with Crippen molar-refractivity contribution < 1.29 is 4.79 Å². The van der Waals surface area contributed by atoms with Crippen molar-refractivity contribution in [3.8, 4) is 0 Å². The highest BCUT2D eigenvalue weighted by Crippen LogP contribution is 2.10. The van der Waals surface area contributed by atoms with E-state index in [-0.39, 0.29) is 12.5 Å². The fraction of sp³-hybridized carbons (Fsp3) is 0.429. The molecule has 0 aliphatic rings. The molecule has 0 aromatic carbocycles. The first-order chi connectivity index (χ1) is 5.74. The lowest BCUT2D eigenvalue weighted by Crippen LogP contribution is -2.29. The van der Waals surface area contributed by atoms with Gasteiger partial charge in [0.25, 0.3) is 0 Å². The molecule has 0 saturated heterocycles. The van der Waals surface area contributed by atoms with Crippen LogP contribution in [0.25, 0.3) is 0 Å². The van der Waals surface area contributed by atoms with Crippen molar-refractivity contribution >= 4 is 17.2 Å². The molecule has 1 heterocycles. The standard InChI is InChI=1S/C7H11N3OS/c1-5-6(12-4-10-5)3-9-7(11)2-8/h4H,2-3,8H2,1H3,(H,9,11). The molecule has 0 saturated carbocycles. The van der Waals surface area contributed by atoms with Crippen molar-refractivity contribution in [2.45, 2.75) is 13.5 Å². The first-order valence-electron chi connectivity index (χ1n) is 3.59. The summed E-state index contributed by atoms with van der Waals surface area (Å²) in [7, 11) is 0. The Bertz CT molecular complexity index is 271. The van der Waals surface area contributed by atoms with Crippen LogP contribution in [-0.2, 0) is 11.3 Å². The maximum atomic E-state index is 10.8. The molecule has 1 aromatic heterocycles. The van der Waals surface area contributed by atoms with Crippen molar-refractivity contribution in [1.82, 2.24) is 10.3 Å². The predicted molar refractivity (Wildman–Crippen MR) is 47.8 cm³/mol. The average Bonchev–Trinajstić information content (AvgIpc) is 2.47. The molecule has 66 valence electrons. The molecule has 12 heavy (non-hydrogen) atoms. The van der Waals surface area contributed by atoms with Gasteiger partial charge in [-0.2, -0.15) is 0 Å². The largest absolute Gasteiger partial charge is 0.350 e. The Morgan fingerprint density at radius 2 is 2.58 bits per heavy atom. The number of amides is 1. The van der Waals surface area contributed by atoms with E-state index in [9.17, 15) is 4.79 Å². The zero-order chi connectivity index (χ0) is 8.97. The van der Waals surface area contributed by atoms with E-state index in [2.05, 4.69) is 10.3 Å². The summed E-state index contributed by atoms with van der Waals surface area (Å²) in [6.45, 7) is 2.49. The molecule has 0 unspecified atom stereocenters. The Labute approximate surface area is 74.8 Å². The highest BCUT2D eigenvalue weighted by Gasteiger charge is 2.02. The third-order valence-electron chi connectivity index (χ3n) is 1.48. The van der Waals surface area contributed by atoms with Crippen molar-refractivity contribution in [3.63, 3.8) is 0 Å². The maximum absolute atomic E-state index is 10.8. The summed E-state index contributed by atoms with van der Waals surface area (Å²) in [5.74, 6) is -0.136. The molecule has 4 nitrogen and oxygen atoms in total. The highest BCUT2D eigenvalue weighted by atomic mass is 32.1.